The van der Waals surface area contributed by atoms with Crippen LogP contribution in [0.2, 0.25) is 5.02 Å². The standard InChI is InChI=1S/C25H38ClN5O/c1-17(2)29(5)16-21(19-7-9-20(26)10-8-19)25(32)31-14-12-30(13-15-31)24(27)23-18(3)6-11-22(23)28-4/h7-10,17-18,21,27-28H,6,11-16H2,1-5H3/t18-,21-/m1/s1. The fourth-order valence-corrected chi connectivity index (χ4v) is 4.76. The second kappa shape index (κ2) is 10.7. The molecule has 2 atom stereocenters. The van der Waals surface area contributed by atoms with Crippen molar-refractivity contribution in [3.63, 3.8) is 0 Å². The Balaban J connectivity index is 1.70. The Bertz CT molecular complexity index is 842. The SMILES string of the molecule is CNC1=C(C(=N)N2CCN(C(=O)[C@H](CN(C)C(C)C)c3ccc(Cl)cc3)CC2)[C@H](C)CC1. The average molecular weight is 460 g/mol. The van der Waals surface area contributed by atoms with Crippen molar-refractivity contribution in [2.24, 2.45) is 5.92 Å². The number of rotatable bonds is 7. The number of carbonyl (C=O) groups is 1. The molecule has 6 nitrogen and oxygen atoms in total. The predicted octanol–water partition coefficient (Wildman–Crippen LogP) is 3.79. The van der Waals surface area contributed by atoms with Gasteiger partial charge in [0.1, 0.15) is 5.84 Å². The van der Waals surface area contributed by atoms with Gasteiger partial charge in [0.15, 0.2) is 0 Å². The van der Waals surface area contributed by atoms with Gasteiger partial charge < -0.3 is 20.0 Å². The summed E-state index contributed by atoms with van der Waals surface area (Å²) in [5.41, 5.74) is 3.34. The van der Waals surface area contributed by atoms with Gasteiger partial charge in [-0.25, -0.2) is 0 Å². The third-order valence-corrected chi connectivity index (χ3v) is 7.28. The zero-order valence-electron chi connectivity index (χ0n) is 20.1. The largest absolute Gasteiger partial charge is 0.391 e. The van der Waals surface area contributed by atoms with Gasteiger partial charge in [0.25, 0.3) is 0 Å². The molecular weight excluding hydrogens is 422 g/mol. The highest BCUT2D eigenvalue weighted by molar-refractivity contribution is 6.30. The van der Waals surface area contributed by atoms with Crippen molar-refractivity contribution in [1.29, 1.82) is 5.41 Å². The van der Waals surface area contributed by atoms with E-state index in [2.05, 4.69) is 42.9 Å². The summed E-state index contributed by atoms with van der Waals surface area (Å²) in [6.45, 7) is 9.86. The van der Waals surface area contributed by atoms with Gasteiger partial charge in [-0.05, 0) is 57.4 Å². The Labute approximate surface area is 198 Å². The predicted molar refractivity (Wildman–Crippen MR) is 132 cm³/mol. The highest BCUT2D eigenvalue weighted by Gasteiger charge is 2.33. The smallest absolute Gasteiger partial charge is 0.231 e. The molecular formula is C25H38ClN5O. The zero-order valence-corrected chi connectivity index (χ0v) is 20.9. The quantitative estimate of drug-likeness (QED) is 0.481. The molecule has 0 spiro atoms. The van der Waals surface area contributed by atoms with E-state index in [-0.39, 0.29) is 11.8 Å². The Morgan fingerprint density at radius 2 is 1.78 bits per heavy atom. The molecule has 1 saturated heterocycles. The second-order valence-electron chi connectivity index (χ2n) is 9.38. The van der Waals surface area contributed by atoms with Crippen molar-refractivity contribution < 1.29 is 4.79 Å². The van der Waals surface area contributed by atoms with E-state index in [0.29, 0.717) is 55.5 Å². The summed E-state index contributed by atoms with van der Waals surface area (Å²) in [7, 11) is 4.01. The van der Waals surface area contributed by atoms with Crippen LogP contribution in [-0.2, 0) is 4.79 Å². The first-order chi connectivity index (χ1) is 15.2. The molecule has 3 rings (SSSR count). The fraction of sp³-hybridized carbons (Fsp3) is 0.600. The number of amides is 1. The highest BCUT2D eigenvalue weighted by atomic mass is 35.5. The maximum atomic E-state index is 13.6. The van der Waals surface area contributed by atoms with Crippen molar-refractivity contribution in [2.45, 2.75) is 45.6 Å². The molecule has 1 aliphatic heterocycles. The molecule has 1 aromatic carbocycles. The van der Waals surface area contributed by atoms with Crippen LogP contribution in [0.1, 0.15) is 45.1 Å². The number of nitrogens with one attached hydrogen (secondary N) is 2. The average Bonchev–Trinajstić information content (AvgIpc) is 3.17. The maximum Gasteiger partial charge on any atom is 0.231 e. The monoisotopic (exact) mass is 459 g/mol. The Morgan fingerprint density at radius 3 is 2.34 bits per heavy atom. The van der Waals surface area contributed by atoms with Crippen molar-refractivity contribution in [3.8, 4) is 0 Å². The lowest BCUT2D eigenvalue weighted by atomic mass is 9.96. The van der Waals surface area contributed by atoms with Gasteiger partial charge in [0, 0.05) is 62.1 Å². The van der Waals surface area contributed by atoms with Crippen LogP contribution in [0.4, 0.5) is 0 Å². The van der Waals surface area contributed by atoms with Gasteiger partial charge in [-0.3, -0.25) is 10.2 Å². The lowest BCUT2D eigenvalue weighted by Gasteiger charge is -2.39. The summed E-state index contributed by atoms with van der Waals surface area (Å²) in [6, 6.07) is 8.03. The molecule has 1 fully saturated rings. The van der Waals surface area contributed by atoms with E-state index in [4.69, 9.17) is 17.0 Å². The van der Waals surface area contributed by atoms with E-state index < -0.39 is 0 Å². The number of halogens is 1. The summed E-state index contributed by atoms with van der Waals surface area (Å²) in [5, 5.41) is 12.8. The first-order valence-electron chi connectivity index (χ1n) is 11.7. The van der Waals surface area contributed by atoms with Crippen LogP contribution in [0.3, 0.4) is 0 Å². The molecule has 176 valence electrons. The van der Waals surface area contributed by atoms with Crippen molar-refractivity contribution >= 4 is 23.3 Å². The fourth-order valence-electron chi connectivity index (χ4n) is 4.63. The normalized spacial score (nSPS) is 20.3. The number of allylic oxidation sites excluding steroid dienone is 1. The van der Waals surface area contributed by atoms with E-state index in [0.717, 1.165) is 24.0 Å². The first kappa shape index (κ1) is 24.6. The summed E-state index contributed by atoms with van der Waals surface area (Å²) in [4.78, 5) is 19.9. The third-order valence-electron chi connectivity index (χ3n) is 7.03. The molecule has 0 aromatic heterocycles. The summed E-state index contributed by atoms with van der Waals surface area (Å²) < 4.78 is 0. The van der Waals surface area contributed by atoms with Crippen LogP contribution in [0, 0.1) is 11.3 Å². The molecule has 32 heavy (non-hydrogen) atoms. The van der Waals surface area contributed by atoms with Crippen LogP contribution >= 0.6 is 11.6 Å². The Kier molecular flexibility index (Phi) is 8.23. The number of piperazine rings is 1. The molecule has 1 aromatic rings. The number of amidine groups is 1. The van der Waals surface area contributed by atoms with E-state index >= 15 is 0 Å². The zero-order chi connectivity index (χ0) is 23.4. The number of nitrogens with zero attached hydrogens (tertiary/aromatic N) is 3. The molecule has 0 unspecified atom stereocenters. The van der Waals surface area contributed by atoms with Crippen molar-refractivity contribution in [1.82, 2.24) is 20.0 Å². The molecule has 1 amide bonds. The minimum Gasteiger partial charge on any atom is -0.391 e. The van der Waals surface area contributed by atoms with Gasteiger partial charge in [-0.15, -0.1) is 0 Å². The molecule has 2 N–H and O–H groups in total. The summed E-state index contributed by atoms with van der Waals surface area (Å²) in [6.07, 6.45) is 2.11. The van der Waals surface area contributed by atoms with E-state index in [1.54, 1.807) is 0 Å². The van der Waals surface area contributed by atoms with E-state index in [1.165, 1.54) is 5.70 Å². The maximum absolute atomic E-state index is 13.6. The van der Waals surface area contributed by atoms with Crippen LogP contribution in [0.5, 0.6) is 0 Å². The Hall–Kier alpha value is -2.05. The van der Waals surface area contributed by atoms with Gasteiger partial charge in [0.05, 0.1) is 5.92 Å². The van der Waals surface area contributed by atoms with Gasteiger partial charge in [-0.1, -0.05) is 30.7 Å². The van der Waals surface area contributed by atoms with Crippen molar-refractivity contribution in [2.75, 3.05) is 46.8 Å². The van der Waals surface area contributed by atoms with E-state index in [1.807, 2.05) is 36.2 Å². The second-order valence-corrected chi connectivity index (χ2v) is 9.82. The number of hydrogen-bond acceptors (Lipinski definition) is 4. The van der Waals surface area contributed by atoms with Gasteiger partial charge >= 0.3 is 0 Å². The number of hydrogen-bond donors (Lipinski definition) is 2. The van der Waals surface area contributed by atoms with E-state index in [9.17, 15) is 4.79 Å². The minimum atomic E-state index is -0.223. The minimum absolute atomic E-state index is 0.162. The van der Waals surface area contributed by atoms with Crippen LogP contribution in [0.25, 0.3) is 0 Å². The number of benzene rings is 1. The van der Waals surface area contributed by atoms with Crippen LogP contribution in [-0.4, -0.2) is 79.3 Å². The molecule has 7 heteroatoms. The lowest BCUT2D eigenvalue weighted by Crippen LogP contribution is -2.53. The lowest BCUT2D eigenvalue weighted by molar-refractivity contribution is -0.134. The molecule has 1 heterocycles. The number of likely N-dealkylation sites (N-methyl/N-ethyl adjacent to an activating group) is 1. The summed E-state index contributed by atoms with van der Waals surface area (Å²) >= 11 is 6.09. The summed E-state index contributed by atoms with van der Waals surface area (Å²) in [5.74, 6) is 0.972. The topological polar surface area (TPSA) is 62.7 Å². The first-order valence-corrected chi connectivity index (χ1v) is 12.1. The van der Waals surface area contributed by atoms with Crippen LogP contribution in [0.15, 0.2) is 35.5 Å². The highest BCUT2D eigenvalue weighted by Crippen LogP contribution is 2.32. The molecule has 2 aliphatic rings. The van der Waals surface area contributed by atoms with Crippen molar-refractivity contribution in [3.05, 3.63) is 46.1 Å². The third kappa shape index (κ3) is 5.46. The van der Waals surface area contributed by atoms with Crippen LogP contribution < -0.4 is 5.32 Å². The molecule has 0 radical (unpaired) electrons. The molecule has 1 aliphatic carbocycles. The molecule has 0 bridgehead atoms. The number of carbonyl (C=O) groups excluding carboxylic acids is 1. The van der Waals surface area contributed by atoms with Gasteiger partial charge in [-0.2, -0.15) is 0 Å². The molecule has 0 saturated carbocycles. The Morgan fingerprint density at radius 1 is 1.19 bits per heavy atom. The van der Waals surface area contributed by atoms with Gasteiger partial charge in [0.2, 0.25) is 5.91 Å².